The van der Waals surface area contributed by atoms with Crippen LogP contribution < -0.4 is 30.7 Å². The second-order valence-electron chi connectivity index (χ2n) is 8.71. The highest BCUT2D eigenvalue weighted by Crippen LogP contribution is 2.20. The molecule has 5 rings (SSSR count). The molecule has 186 valence electrons. The summed E-state index contributed by atoms with van der Waals surface area (Å²) in [7, 11) is 0. The molecule has 0 unspecified atom stereocenters. The highest BCUT2D eigenvalue weighted by Gasteiger charge is 2.18. The van der Waals surface area contributed by atoms with Crippen LogP contribution in [0.3, 0.4) is 0 Å². The Morgan fingerprint density at radius 1 is 0.722 bits per heavy atom. The molecule has 2 atom stereocenters. The lowest BCUT2D eigenvalue weighted by Crippen LogP contribution is -2.20. The molecule has 3 aromatic rings. The summed E-state index contributed by atoms with van der Waals surface area (Å²) >= 11 is 0. The van der Waals surface area contributed by atoms with Gasteiger partial charge in [-0.2, -0.15) is 0 Å². The molecule has 1 aromatic heterocycles. The molecule has 4 N–H and O–H groups in total. The first-order valence-electron chi connectivity index (χ1n) is 12.0. The number of hydrogen-bond acceptors (Lipinski definition) is 8. The molecule has 0 radical (unpaired) electrons. The molecular weight excluding hydrogens is 460 g/mol. The minimum atomic E-state index is -0.442. The van der Waals surface area contributed by atoms with Crippen LogP contribution in [0.4, 0.5) is 11.4 Å². The van der Waals surface area contributed by atoms with Crippen molar-refractivity contribution in [3.63, 3.8) is 0 Å². The number of hydrogen-bond donors (Lipinski definition) is 4. The summed E-state index contributed by atoms with van der Waals surface area (Å²) in [5.74, 6) is 0.613. The predicted molar refractivity (Wildman–Crippen MR) is 135 cm³/mol. The molecule has 3 heterocycles. The standard InChI is InChI=1S/C26H28N6O4/c33-25(31-17-1-5-19(6-2-17)35-21-9-11-27-14-21)23-13-24(30-16-29-23)26(34)32-18-3-7-20(8-4-18)36-22-10-12-28-15-22/h1-8,13,16,21-22,27-28H,9-12,14-15H2,(H,31,33)(H,32,34)/t21-,22-/m1/s1. The van der Waals surface area contributed by atoms with Crippen molar-refractivity contribution in [2.45, 2.75) is 25.0 Å². The van der Waals surface area contributed by atoms with Crippen LogP contribution in [0.2, 0.25) is 0 Å². The molecule has 2 aliphatic heterocycles. The van der Waals surface area contributed by atoms with Crippen molar-refractivity contribution in [3.05, 3.63) is 72.3 Å². The Hall–Kier alpha value is -4.02. The molecule has 0 saturated carbocycles. The van der Waals surface area contributed by atoms with Crippen LogP contribution in [0.15, 0.2) is 60.9 Å². The number of aromatic nitrogens is 2. The van der Waals surface area contributed by atoms with E-state index in [1.807, 2.05) is 24.3 Å². The van der Waals surface area contributed by atoms with Gasteiger partial charge in [-0.05, 0) is 74.5 Å². The second-order valence-corrected chi connectivity index (χ2v) is 8.71. The molecule has 2 saturated heterocycles. The fourth-order valence-corrected chi connectivity index (χ4v) is 4.07. The Balaban J connectivity index is 1.16. The minimum absolute atomic E-state index is 0.0847. The van der Waals surface area contributed by atoms with E-state index in [1.165, 1.54) is 12.4 Å². The van der Waals surface area contributed by atoms with E-state index in [9.17, 15) is 9.59 Å². The molecular formula is C26H28N6O4. The van der Waals surface area contributed by atoms with Gasteiger partial charge in [-0.15, -0.1) is 0 Å². The van der Waals surface area contributed by atoms with Gasteiger partial charge < -0.3 is 30.7 Å². The summed E-state index contributed by atoms with van der Waals surface area (Å²) in [6.45, 7) is 3.58. The lowest BCUT2D eigenvalue weighted by atomic mass is 10.2. The van der Waals surface area contributed by atoms with Crippen molar-refractivity contribution in [1.29, 1.82) is 0 Å². The van der Waals surface area contributed by atoms with Crippen molar-refractivity contribution < 1.29 is 19.1 Å². The van der Waals surface area contributed by atoms with Crippen molar-refractivity contribution in [2.75, 3.05) is 36.8 Å². The van der Waals surface area contributed by atoms with Gasteiger partial charge in [0, 0.05) is 30.5 Å². The number of rotatable bonds is 8. The smallest absolute Gasteiger partial charge is 0.274 e. The van der Waals surface area contributed by atoms with Gasteiger partial charge in [0.1, 0.15) is 41.4 Å². The van der Waals surface area contributed by atoms with Crippen molar-refractivity contribution >= 4 is 23.2 Å². The molecule has 0 spiro atoms. The van der Waals surface area contributed by atoms with Crippen molar-refractivity contribution in [3.8, 4) is 11.5 Å². The third-order valence-corrected chi connectivity index (χ3v) is 5.99. The van der Waals surface area contributed by atoms with Gasteiger partial charge in [0.2, 0.25) is 0 Å². The fraction of sp³-hybridized carbons (Fsp3) is 0.308. The van der Waals surface area contributed by atoms with E-state index in [4.69, 9.17) is 9.47 Å². The third-order valence-electron chi connectivity index (χ3n) is 5.99. The van der Waals surface area contributed by atoms with E-state index in [2.05, 4.69) is 31.2 Å². The number of ether oxygens (including phenoxy) is 2. The molecule has 36 heavy (non-hydrogen) atoms. The van der Waals surface area contributed by atoms with Gasteiger partial charge in [-0.25, -0.2) is 9.97 Å². The molecule has 2 aliphatic rings. The maximum atomic E-state index is 12.7. The van der Waals surface area contributed by atoms with E-state index in [0.717, 1.165) is 50.5 Å². The Morgan fingerprint density at radius 2 is 1.17 bits per heavy atom. The number of carbonyl (C=O) groups excluding carboxylic acids is 2. The summed E-state index contributed by atoms with van der Waals surface area (Å²) in [6, 6.07) is 15.7. The summed E-state index contributed by atoms with van der Waals surface area (Å²) in [5.41, 5.74) is 1.36. The second kappa shape index (κ2) is 11.1. The molecule has 10 heteroatoms. The van der Waals surface area contributed by atoms with Crippen LogP contribution in [-0.4, -0.2) is 60.2 Å². The quantitative estimate of drug-likeness (QED) is 0.381. The molecule has 2 fully saturated rings. The van der Waals surface area contributed by atoms with Gasteiger partial charge in [0.15, 0.2) is 0 Å². The first-order chi connectivity index (χ1) is 17.6. The van der Waals surface area contributed by atoms with Gasteiger partial charge in [0.05, 0.1) is 0 Å². The zero-order chi connectivity index (χ0) is 24.7. The predicted octanol–water partition coefficient (Wildman–Crippen LogP) is 2.46. The number of carbonyl (C=O) groups is 2. The van der Waals surface area contributed by atoms with E-state index in [0.29, 0.717) is 11.4 Å². The number of nitrogens with one attached hydrogen (secondary N) is 4. The van der Waals surface area contributed by atoms with Crippen LogP contribution in [0, 0.1) is 0 Å². The SMILES string of the molecule is O=C(Nc1ccc(O[C@@H]2CCNC2)cc1)c1cc(C(=O)Nc2ccc(O[C@@H]3CCNC3)cc2)ncn1. The van der Waals surface area contributed by atoms with Crippen LogP contribution >= 0.6 is 0 Å². The molecule has 0 bridgehead atoms. The van der Waals surface area contributed by atoms with Gasteiger partial charge >= 0.3 is 0 Å². The number of benzene rings is 2. The number of anilines is 2. The average molecular weight is 489 g/mol. The summed E-state index contributed by atoms with van der Waals surface area (Å²) < 4.78 is 11.8. The zero-order valence-electron chi connectivity index (χ0n) is 19.7. The summed E-state index contributed by atoms with van der Waals surface area (Å²) in [4.78, 5) is 33.4. The first-order valence-corrected chi connectivity index (χ1v) is 12.0. The number of nitrogens with zero attached hydrogens (tertiary/aromatic N) is 2. The van der Waals surface area contributed by atoms with Gasteiger partial charge in [-0.3, -0.25) is 9.59 Å². The van der Waals surface area contributed by atoms with Crippen molar-refractivity contribution in [1.82, 2.24) is 20.6 Å². The Bertz CT molecular complexity index is 1100. The zero-order valence-corrected chi connectivity index (χ0v) is 19.7. The number of amides is 2. The topological polar surface area (TPSA) is 127 Å². The third kappa shape index (κ3) is 6.15. The maximum absolute atomic E-state index is 12.7. The van der Waals surface area contributed by atoms with Crippen LogP contribution in [0.25, 0.3) is 0 Å². The Morgan fingerprint density at radius 3 is 1.56 bits per heavy atom. The first kappa shape index (κ1) is 23.7. The highest BCUT2D eigenvalue weighted by atomic mass is 16.5. The molecule has 10 nitrogen and oxygen atoms in total. The highest BCUT2D eigenvalue weighted by molar-refractivity contribution is 6.06. The van der Waals surface area contributed by atoms with Crippen LogP contribution in [0.5, 0.6) is 11.5 Å². The fourth-order valence-electron chi connectivity index (χ4n) is 4.07. The Kier molecular flexibility index (Phi) is 7.34. The van der Waals surface area contributed by atoms with Crippen LogP contribution in [-0.2, 0) is 0 Å². The van der Waals surface area contributed by atoms with Gasteiger partial charge in [-0.1, -0.05) is 0 Å². The van der Waals surface area contributed by atoms with Gasteiger partial charge in [0.25, 0.3) is 11.8 Å². The summed E-state index contributed by atoms with van der Waals surface area (Å²) in [6.07, 6.45) is 3.47. The minimum Gasteiger partial charge on any atom is -0.489 e. The van der Waals surface area contributed by atoms with Crippen molar-refractivity contribution in [2.24, 2.45) is 0 Å². The van der Waals surface area contributed by atoms with E-state index < -0.39 is 11.8 Å². The largest absolute Gasteiger partial charge is 0.489 e. The Labute approximate surface area is 208 Å². The normalized spacial score (nSPS) is 19.0. The van der Waals surface area contributed by atoms with E-state index in [1.54, 1.807) is 24.3 Å². The van der Waals surface area contributed by atoms with E-state index >= 15 is 0 Å². The average Bonchev–Trinajstić information content (AvgIpc) is 3.61. The monoisotopic (exact) mass is 488 g/mol. The van der Waals surface area contributed by atoms with E-state index in [-0.39, 0.29) is 23.6 Å². The summed E-state index contributed by atoms with van der Waals surface area (Å²) in [5, 5.41) is 12.1. The molecule has 0 aliphatic carbocycles. The molecule has 2 amide bonds. The lowest BCUT2D eigenvalue weighted by Gasteiger charge is -2.13. The molecule has 2 aromatic carbocycles. The lowest BCUT2D eigenvalue weighted by molar-refractivity contribution is 0.102. The maximum Gasteiger partial charge on any atom is 0.274 e. The van der Waals surface area contributed by atoms with Crippen LogP contribution in [0.1, 0.15) is 33.8 Å².